The Bertz CT molecular complexity index is 1320. The number of carbonyl (C=O) groups excluding carboxylic acids is 2. The molecule has 11 nitrogen and oxygen atoms in total. The number of likely N-dealkylation sites (N-methyl/N-ethyl adjacent to an activating group) is 1. The summed E-state index contributed by atoms with van der Waals surface area (Å²) in [6, 6.07) is 10.8. The largest absolute Gasteiger partial charge is 0.490 e. The zero-order chi connectivity index (χ0) is 33.9. The van der Waals surface area contributed by atoms with Crippen molar-refractivity contribution in [2.75, 3.05) is 66.1 Å². The first kappa shape index (κ1) is 36.5. The van der Waals surface area contributed by atoms with E-state index in [1.165, 1.54) is 0 Å². The predicted molar refractivity (Wildman–Crippen MR) is 182 cm³/mol. The van der Waals surface area contributed by atoms with Gasteiger partial charge < -0.3 is 39.2 Å². The number of nitrogens with one attached hydrogen (secondary N) is 1. The summed E-state index contributed by atoms with van der Waals surface area (Å²) in [7, 11) is 6.02. The number of hydrogen-bond acceptors (Lipinski definition) is 9. The van der Waals surface area contributed by atoms with Crippen LogP contribution in [0.4, 0.5) is 5.69 Å². The third-order valence-corrected chi connectivity index (χ3v) is 8.73. The van der Waals surface area contributed by atoms with Crippen LogP contribution in [0.5, 0.6) is 17.2 Å². The van der Waals surface area contributed by atoms with Crippen LogP contribution < -0.4 is 19.5 Å². The lowest BCUT2D eigenvalue weighted by atomic mass is 10.0. The van der Waals surface area contributed by atoms with E-state index in [1.807, 2.05) is 51.0 Å². The Morgan fingerprint density at radius 1 is 1.06 bits per heavy atom. The molecular formula is C36H54N4O7. The van der Waals surface area contributed by atoms with Gasteiger partial charge in [-0.3, -0.25) is 14.5 Å². The summed E-state index contributed by atoms with van der Waals surface area (Å²) in [6.07, 6.45) is 3.46. The highest BCUT2D eigenvalue weighted by atomic mass is 16.7. The third kappa shape index (κ3) is 10.8. The fraction of sp³-hybridized carbons (Fsp3) is 0.611. The summed E-state index contributed by atoms with van der Waals surface area (Å²) in [5.41, 5.74) is 2.02. The maximum absolute atomic E-state index is 14.4. The van der Waals surface area contributed by atoms with Crippen molar-refractivity contribution in [2.24, 2.45) is 5.92 Å². The first-order valence-corrected chi connectivity index (χ1v) is 16.9. The highest BCUT2D eigenvalue weighted by molar-refractivity contribution is 5.99. The zero-order valence-electron chi connectivity index (χ0n) is 29.0. The summed E-state index contributed by atoms with van der Waals surface area (Å²) < 4.78 is 23.9. The standard InChI is InChI=1S/C36H54N4O7/c1-25-20-40(26(2)23-41)36(43)30-19-29(37-35(42)11-9-16-38(4)5)13-15-31(30)47-27(3)10-7-8-17-44-34(25)22-39(6)21-28-12-14-32-33(18-28)46-24-45-32/h12-15,18-19,25-27,34,41H,7-11,16-17,20-24H2,1-6H3,(H,37,42)/t25-,26-,27+,34-/m0/s1. The molecule has 47 heavy (non-hydrogen) atoms. The van der Waals surface area contributed by atoms with Crippen LogP contribution in [0, 0.1) is 5.92 Å². The second kappa shape index (κ2) is 17.7. The van der Waals surface area contributed by atoms with Crippen molar-refractivity contribution in [1.82, 2.24) is 14.7 Å². The van der Waals surface area contributed by atoms with Crippen molar-refractivity contribution in [3.8, 4) is 17.2 Å². The number of hydrogen-bond donors (Lipinski definition) is 2. The number of nitrogens with zero attached hydrogens (tertiary/aromatic N) is 3. The molecule has 2 heterocycles. The molecule has 2 N–H and O–H groups in total. The van der Waals surface area contributed by atoms with E-state index in [0.29, 0.717) is 49.7 Å². The van der Waals surface area contributed by atoms with Crippen LogP contribution in [-0.4, -0.2) is 111 Å². The number of rotatable bonds is 11. The number of aliphatic hydroxyl groups excluding tert-OH is 1. The molecular weight excluding hydrogens is 600 g/mol. The summed E-state index contributed by atoms with van der Waals surface area (Å²) in [6.45, 7) is 9.15. The molecule has 4 rings (SSSR count). The third-order valence-electron chi connectivity index (χ3n) is 8.73. The molecule has 0 aliphatic carbocycles. The fourth-order valence-electron chi connectivity index (χ4n) is 5.96. The van der Waals surface area contributed by atoms with E-state index in [-0.39, 0.29) is 43.3 Å². The van der Waals surface area contributed by atoms with Crippen LogP contribution >= 0.6 is 0 Å². The first-order chi connectivity index (χ1) is 22.5. The minimum absolute atomic E-state index is 0.0435. The summed E-state index contributed by atoms with van der Waals surface area (Å²) in [5.74, 6) is 1.60. The van der Waals surface area contributed by atoms with Gasteiger partial charge in [-0.1, -0.05) is 13.0 Å². The molecule has 0 saturated heterocycles. The molecule has 2 amide bonds. The topological polar surface area (TPSA) is 113 Å². The van der Waals surface area contributed by atoms with Crippen molar-refractivity contribution in [3.05, 3.63) is 47.5 Å². The van der Waals surface area contributed by atoms with Gasteiger partial charge in [-0.2, -0.15) is 0 Å². The van der Waals surface area contributed by atoms with Gasteiger partial charge in [-0.05, 0) is 103 Å². The molecule has 2 aromatic carbocycles. The smallest absolute Gasteiger partial charge is 0.258 e. The van der Waals surface area contributed by atoms with Gasteiger partial charge in [0.1, 0.15) is 5.75 Å². The molecule has 0 fully saturated rings. The second-order valence-electron chi connectivity index (χ2n) is 13.4. The van der Waals surface area contributed by atoms with Gasteiger partial charge in [-0.15, -0.1) is 0 Å². The van der Waals surface area contributed by atoms with E-state index < -0.39 is 6.04 Å². The maximum atomic E-state index is 14.4. The predicted octanol–water partition coefficient (Wildman–Crippen LogP) is 4.62. The Morgan fingerprint density at radius 3 is 2.60 bits per heavy atom. The highest BCUT2D eigenvalue weighted by Gasteiger charge is 2.30. The number of aliphatic hydroxyl groups is 1. The highest BCUT2D eigenvalue weighted by Crippen LogP contribution is 2.33. The van der Waals surface area contributed by atoms with Crippen LogP contribution in [0.1, 0.15) is 68.8 Å². The maximum Gasteiger partial charge on any atom is 0.258 e. The summed E-state index contributed by atoms with van der Waals surface area (Å²) >= 11 is 0. The van der Waals surface area contributed by atoms with Gasteiger partial charge in [-0.25, -0.2) is 0 Å². The Morgan fingerprint density at radius 2 is 1.83 bits per heavy atom. The van der Waals surface area contributed by atoms with E-state index in [9.17, 15) is 14.7 Å². The van der Waals surface area contributed by atoms with E-state index in [2.05, 4.69) is 24.2 Å². The molecule has 2 aliphatic heterocycles. The van der Waals surface area contributed by atoms with Crippen molar-refractivity contribution < 1.29 is 33.6 Å². The molecule has 4 atom stereocenters. The lowest BCUT2D eigenvalue weighted by molar-refractivity contribution is -0.116. The van der Waals surface area contributed by atoms with Crippen molar-refractivity contribution in [3.63, 3.8) is 0 Å². The van der Waals surface area contributed by atoms with Crippen molar-refractivity contribution in [1.29, 1.82) is 0 Å². The normalized spacial score (nSPS) is 21.3. The van der Waals surface area contributed by atoms with Crippen LogP contribution in [0.3, 0.4) is 0 Å². The van der Waals surface area contributed by atoms with Gasteiger partial charge in [0.15, 0.2) is 11.5 Å². The van der Waals surface area contributed by atoms with Gasteiger partial charge in [0, 0.05) is 44.3 Å². The molecule has 260 valence electrons. The van der Waals surface area contributed by atoms with Gasteiger partial charge in [0.2, 0.25) is 12.7 Å². The van der Waals surface area contributed by atoms with Crippen molar-refractivity contribution >= 4 is 17.5 Å². The Hall–Kier alpha value is -3.38. The lowest BCUT2D eigenvalue weighted by Crippen LogP contribution is -2.47. The molecule has 0 aromatic heterocycles. The fourth-order valence-corrected chi connectivity index (χ4v) is 5.96. The number of amides is 2. The van der Waals surface area contributed by atoms with Crippen LogP contribution in [-0.2, 0) is 16.1 Å². The van der Waals surface area contributed by atoms with Gasteiger partial charge in [0.25, 0.3) is 5.91 Å². The van der Waals surface area contributed by atoms with E-state index in [4.69, 9.17) is 18.9 Å². The second-order valence-corrected chi connectivity index (χ2v) is 13.4. The molecule has 2 aliphatic rings. The van der Waals surface area contributed by atoms with Gasteiger partial charge in [0.05, 0.1) is 30.4 Å². The summed E-state index contributed by atoms with van der Waals surface area (Å²) in [5, 5.41) is 13.2. The quantitative estimate of drug-likeness (QED) is 0.358. The number of ether oxygens (including phenoxy) is 4. The van der Waals surface area contributed by atoms with Crippen LogP contribution in [0.2, 0.25) is 0 Å². The minimum Gasteiger partial charge on any atom is -0.490 e. The Balaban J connectivity index is 1.54. The molecule has 0 unspecified atom stereocenters. The molecule has 0 saturated carbocycles. The number of carbonyl (C=O) groups is 2. The van der Waals surface area contributed by atoms with E-state index >= 15 is 0 Å². The SMILES string of the molecule is C[C@@H]1CCCCO[C@@H](CN(C)Cc2ccc3c(c2)OCO3)[C@@H](C)CN([C@@H](C)CO)C(=O)c2cc(NC(=O)CCCN(C)C)ccc2O1. The minimum atomic E-state index is -0.445. The zero-order valence-corrected chi connectivity index (χ0v) is 29.0. The first-order valence-electron chi connectivity index (χ1n) is 16.9. The summed E-state index contributed by atoms with van der Waals surface area (Å²) in [4.78, 5) is 33.0. The monoisotopic (exact) mass is 654 g/mol. The Kier molecular flexibility index (Phi) is 13.7. The van der Waals surface area contributed by atoms with E-state index in [0.717, 1.165) is 49.3 Å². The average Bonchev–Trinajstić information content (AvgIpc) is 3.50. The molecule has 0 spiro atoms. The number of anilines is 1. The average molecular weight is 655 g/mol. The number of fused-ring (bicyclic) bond motifs is 2. The van der Waals surface area contributed by atoms with Crippen LogP contribution in [0.15, 0.2) is 36.4 Å². The number of benzene rings is 2. The molecule has 11 heteroatoms. The Labute approximate surface area is 280 Å². The molecule has 2 aromatic rings. The van der Waals surface area contributed by atoms with Crippen molar-refractivity contribution in [2.45, 2.75) is 77.7 Å². The molecule has 0 radical (unpaired) electrons. The van der Waals surface area contributed by atoms with E-state index in [1.54, 1.807) is 23.1 Å². The van der Waals surface area contributed by atoms with Crippen LogP contribution in [0.25, 0.3) is 0 Å². The van der Waals surface area contributed by atoms with Gasteiger partial charge >= 0.3 is 0 Å². The molecule has 0 bridgehead atoms. The lowest BCUT2D eigenvalue weighted by Gasteiger charge is -2.36.